The summed E-state index contributed by atoms with van der Waals surface area (Å²) in [4.78, 5) is 6.96. The predicted molar refractivity (Wildman–Crippen MR) is 83.0 cm³/mol. The van der Waals surface area contributed by atoms with E-state index in [2.05, 4.69) is 26.6 Å². The summed E-state index contributed by atoms with van der Waals surface area (Å²) in [7, 11) is 0. The zero-order valence-electron chi connectivity index (χ0n) is 11.2. The Labute approximate surface area is 121 Å². The maximum atomic E-state index is 6.06. The Bertz CT molecular complexity index is 571. The van der Waals surface area contributed by atoms with E-state index in [-0.39, 0.29) is 0 Å². The highest BCUT2D eigenvalue weighted by molar-refractivity contribution is 7.11. The van der Waals surface area contributed by atoms with Crippen molar-refractivity contribution in [3.05, 3.63) is 10.4 Å². The molecule has 102 valence electrons. The molecule has 2 N–H and O–H groups in total. The normalized spacial score (nSPS) is 14.8. The molecule has 2 aromatic heterocycles. The molecule has 4 nitrogen and oxygen atoms in total. The molecule has 0 spiro atoms. The van der Waals surface area contributed by atoms with Crippen molar-refractivity contribution in [1.29, 1.82) is 0 Å². The van der Waals surface area contributed by atoms with Crippen LogP contribution in [0.25, 0.3) is 11.3 Å². The van der Waals surface area contributed by atoms with Crippen LogP contribution >= 0.6 is 22.9 Å². The van der Waals surface area contributed by atoms with Crippen molar-refractivity contribution in [2.75, 3.05) is 23.7 Å². The van der Waals surface area contributed by atoms with E-state index in [4.69, 9.17) is 5.73 Å². The van der Waals surface area contributed by atoms with Crippen molar-refractivity contribution in [2.45, 2.75) is 26.7 Å². The Morgan fingerprint density at radius 2 is 2.26 bits per heavy atom. The number of anilines is 2. The summed E-state index contributed by atoms with van der Waals surface area (Å²) < 4.78 is 4.34. The predicted octanol–water partition coefficient (Wildman–Crippen LogP) is 3.39. The molecule has 0 saturated heterocycles. The highest BCUT2D eigenvalue weighted by atomic mass is 32.1. The molecule has 0 amide bonds. The second-order valence-corrected chi connectivity index (χ2v) is 6.80. The smallest absolute Gasteiger partial charge is 0.148 e. The lowest BCUT2D eigenvalue weighted by Gasteiger charge is -2.21. The van der Waals surface area contributed by atoms with Gasteiger partial charge in [0.1, 0.15) is 10.8 Å². The van der Waals surface area contributed by atoms with Crippen molar-refractivity contribution in [3.8, 4) is 11.3 Å². The number of hydrogen-bond acceptors (Lipinski definition) is 6. The monoisotopic (exact) mass is 294 g/mol. The van der Waals surface area contributed by atoms with Crippen LogP contribution in [-0.2, 0) is 0 Å². The van der Waals surface area contributed by atoms with Gasteiger partial charge in [0, 0.05) is 18.5 Å². The van der Waals surface area contributed by atoms with Crippen molar-refractivity contribution in [1.82, 2.24) is 9.36 Å². The molecule has 0 bridgehead atoms. The Balaban J connectivity index is 1.96. The molecule has 1 aliphatic rings. The quantitative estimate of drug-likeness (QED) is 0.918. The zero-order chi connectivity index (χ0) is 13.4. The first-order valence-electron chi connectivity index (χ1n) is 6.61. The molecule has 3 rings (SSSR count). The summed E-state index contributed by atoms with van der Waals surface area (Å²) >= 11 is 3.16. The lowest BCUT2D eigenvalue weighted by molar-refractivity contribution is 0.748. The van der Waals surface area contributed by atoms with E-state index in [9.17, 15) is 0 Å². The minimum absolute atomic E-state index is 0.611. The largest absolute Gasteiger partial charge is 0.382 e. The van der Waals surface area contributed by atoms with Crippen LogP contribution in [-0.4, -0.2) is 22.4 Å². The van der Waals surface area contributed by atoms with Gasteiger partial charge in [-0.25, -0.2) is 4.98 Å². The van der Waals surface area contributed by atoms with Crippen LogP contribution in [0.5, 0.6) is 0 Å². The number of nitrogens with zero attached hydrogens (tertiary/aromatic N) is 3. The van der Waals surface area contributed by atoms with Crippen LogP contribution in [0.15, 0.2) is 5.38 Å². The first-order chi connectivity index (χ1) is 9.19. The second kappa shape index (κ2) is 5.09. The van der Waals surface area contributed by atoms with Gasteiger partial charge in [0.2, 0.25) is 0 Å². The molecule has 2 aromatic rings. The van der Waals surface area contributed by atoms with Gasteiger partial charge >= 0.3 is 0 Å². The molecule has 1 saturated carbocycles. The van der Waals surface area contributed by atoms with E-state index in [1.165, 1.54) is 29.4 Å². The number of aromatic nitrogens is 2. The molecule has 6 heteroatoms. The minimum atomic E-state index is 0.611. The Morgan fingerprint density at radius 3 is 2.84 bits per heavy atom. The highest BCUT2D eigenvalue weighted by Crippen LogP contribution is 2.41. The van der Waals surface area contributed by atoms with Gasteiger partial charge in [0.15, 0.2) is 0 Å². The lowest BCUT2D eigenvalue weighted by Crippen LogP contribution is -2.24. The highest BCUT2D eigenvalue weighted by Gasteiger charge is 2.27. The van der Waals surface area contributed by atoms with Gasteiger partial charge in [0.05, 0.1) is 16.3 Å². The van der Waals surface area contributed by atoms with Crippen molar-refractivity contribution < 1.29 is 0 Å². The third kappa shape index (κ3) is 2.60. The van der Waals surface area contributed by atoms with Crippen LogP contribution in [0.3, 0.4) is 0 Å². The van der Waals surface area contributed by atoms with Crippen LogP contribution in [0.1, 0.15) is 24.8 Å². The van der Waals surface area contributed by atoms with Crippen LogP contribution in [0.2, 0.25) is 0 Å². The van der Waals surface area contributed by atoms with E-state index >= 15 is 0 Å². The van der Waals surface area contributed by atoms with Gasteiger partial charge in [-0.1, -0.05) is 0 Å². The zero-order valence-corrected chi connectivity index (χ0v) is 12.9. The van der Waals surface area contributed by atoms with E-state index in [0.29, 0.717) is 5.82 Å². The number of rotatable bonds is 5. The fourth-order valence-electron chi connectivity index (χ4n) is 2.20. The Morgan fingerprint density at radius 1 is 1.47 bits per heavy atom. The van der Waals surface area contributed by atoms with Crippen LogP contribution in [0, 0.1) is 12.8 Å². The summed E-state index contributed by atoms with van der Waals surface area (Å²) in [6.45, 7) is 6.32. The van der Waals surface area contributed by atoms with Gasteiger partial charge < -0.3 is 10.6 Å². The van der Waals surface area contributed by atoms with Crippen LogP contribution < -0.4 is 10.6 Å². The standard InChI is InChI=1S/C13H18N4S2/c1-3-17(6-9-4-5-9)13-11(12(14)16-19-13)10-7-18-8(2)15-10/h7,9H,3-6H2,1-2H3,(H2,14,16). The summed E-state index contributed by atoms with van der Waals surface area (Å²) in [6, 6.07) is 0. The molecule has 0 atom stereocenters. The number of hydrogen-bond donors (Lipinski definition) is 1. The van der Waals surface area contributed by atoms with Gasteiger partial charge in [-0.3, -0.25) is 0 Å². The summed E-state index contributed by atoms with van der Waals surface area (Å²) in [5.74, 6) is 1.47. The van der Waals surface area contributed by atoms with Gasteiger partial charge in [0.25, 0.3) is 0 Å². The van der Waals surface area contributed by atoms with Gasteiger partial charge in [-0.15, -0.1) is 11.3 Å². The van der Waals surface area contributed by atoms with Gasteiger partial charge in [-0.2, -0.15) is 4.37 Å². The minimum Gasteiger partial charge on any atom is -0.382 e. The third-order valence-corrected chi connectivity index (χ3v) is 5.12. The van der Waals surface area contributed by atoms with E-state index in [0.717, 1.165) is 35.3 Å². The number of nitrogen functional groups attached to an aromatic ring is 1. The summed E-state index contributed by atoms with van der Waals surface area (Å²) in [5, 5.41) is 4.32. The van der Waals surface area contributed by atoms with Crippen molar-refractivity contribution in [3.63, 3.8) is 0 Å². The molecule has 1 aliphatic carbocycles. The molecular weight excluding hydrogens is 276 g/mol. The van der Waals surface area contributed by atoms with E-state index in [1.807, 2.05) is 6.92 Å². The van der Waals surface area contributed by atoms with Gasteiger partial charge in [-0.05, 0) is 44.1 Å². The number of thiazole rings is 1. The first-order valence-corrected chi connectivity index (χ1v) is 8.27. The van der Waals surface area contributed by atoms with Crippen molar-refractivity contribution in [2.24, 2.45) is 5.92 Å². The SMILES string of the molecule is CCN(CC1CC1)c1snc(N)c1-c1csc(C)n1. The maximum absolute atomic E-state index is 6.06. The first kappa shape index (κ1) is 12.9. The average molecular weight is 294 g/mol. The van der Waals surface area contributed by atoms with E-state index in [1.54, 1.807) is 11.3 Å². The summed E-state index contributed by atoms with van der Waals surface area (Å²) in [5.41, 5.74) is 8.05. The fourth-order valence-corrected chi connectivity index (χ4v) is 3.70. The molecule has 1 fully saturated rings. The fraction of sp³-hybridized carbons (Fsp3) is 0.538. The molecular formula is C13H18N4S2. The molecule has 0 aliphatic heterocycles. The molecule has 19 heavy (non-hydrogen) atoms. The second-order valence-electron chi connectivity index (χ2n) is 4.98. The Hall–Kier alpha value is -1.14. The number of nitrogens with two attached hydrogens (primary N) is 1. The Kier molecular flexibility index (Phi) is 3.45. The van der Waals surface area contributed by atoms with Crippen LogP contribution in [0.4, 0.5) is 10.8 Å². The maximum Gasteiger partial charge on any atom is 0.148 e. The average Bonchev–Trinajstić information content (AvgIpc) is 3.00. The molecule has 0 aromatic carbocycles. The van der Waals surface area contributed by atoms with E-state index < -0.39 is 0 Å². The van der Waals surface area contributed by atoms with Crippen molar-refractivity contribution >= 4 is 33.7 Å². The molecule has 0 radical (unpaired) electrons. The number of aryl methyl sites for hydroxylation is 1. The summed E-state index contributed by atoms with van der Waals surface area (Å²) in [6.07, 6.45) is 2.71. The molecule has 0 unspecified atom stereocenters. The lowest BCUT2D eigenvalue weighted by atomic mass is 10.2. The topological polar surface area (TPSA) is 55.0 Å². The third-order valence-electron chi connectivity index (χ3n) is 3.42. The molecule has 2 heterocycles.